The van der Waals surface area contributed by atoms with E-state index in [1.807, 2.05) is 7.05 Å². The molecule has 8 aliphatic rings. The van der Waals surface area contributed by atoms with Gasteiger partial charge in [-0.1, -0.05) is 79.4 Å². The Balaban J connectivity index is 0.000000236. The number of nitrogens with zero attached hydrogens (tertiary/aromatic N) is 1. The van der Waals surface area contributed by atoms with Crippen molar-refractivity contribution < 1.29 is 89.3 Å². The van der Waals surface area contributed by atoms with Crippen LogP contribution in [0.3, 0.4) is 0 Å². The van der Waals surface area contributed by atoms with Gasteiger partial charge in [-0.15, -0.1) is 10.8 Å². The average Bonchev–Trinajstić information content (AvgIpc) is 3.57. The zero-order valence-electron chi connectivity index (χ0n) is 28.0. The van der Waals surface area contributed by atoms with Crippen molar-refractivity contribution in [3.63, 3.8) is 0 Å². The number of allylic oxidation sites excluding steroid dienone is 4. The molecule has 0 N–H and O–H groups in total. The van der Waals surface area contributed by atoms with Gasteiger partial charge < -0.3 is 22.3 Å². The minimum Gasteiger partial charge on any atom is -0.431 e. The fourth-order valence-electron chi connectivity index (χ4n) is 10.7. The SMILES string of the molecule is C.C.CC12[CH-]CCC1=C1OC(=O)C3CC(=O)CCC3(C)C1CC2.CN=C1CCC2(C)C(C1)C(=O)OC1=C3CC[CH-]C3(C)CCC12.[Y].[Y]. The third-order valence-corrected chi connectivity index (χ3v) is 13.7. The van der Waals surface area contributed by atoms with Gasteiger partial charge in [0.2, 0.25) is 0 Å². The predicted octanol–water partition coefficient (Wildman–Crippen LogP) is 8.94. The summed E-state index contributed by atoms with van der Waals surface area (Å²) in [6.45, 7) is 9.16. The van der Waals surface area contributed by atoms with Crippen LogP contribution in [0.25, 0.3) is 0 Å². The van der Waals surface area contributed by atoms with Gasteiger partial charge in [-0.25, -0.2) is 0 Å². The number of ketones is 1. The van der Waals surface area contributed by atoms with Gasteiger partial charge in [-0.05, 0) is 49.4 Å². The van der Waals surface area contributed by atoms with E-state index in [0.29, 0.717) is 24.7 Å². The Kier molecular flexibility index (Phi) is 13.1. The molecule has 8 atom stereocenters. The van der Waals surface area contributed by atoms with E-state index in [-0.39, 0.29) is 131 Å². The molecule has 0 aromatic carbocycles. The van der Waals surface area contributed by atoms with Gasteiger partial charge in [0.05, 0.1) is 11.8 Å². The van der Waals surface area contributed by atoms with Gasteiger partial charge in [0.15, 0.2) is 0 Å². The van der Waals surface area contributed by atoms with Crippen LogP contribution in [0.2, 0.25) is 0 Å². The van der Waals surface area contributed by atoms with Crippen LogP contribution < -0.4 is 0 Å². The number of ether oxygens (including phenoxy) is 2. The summed E-state index contributed by atoms with van der Waals surface area (Å²) in [5.74, 6) is 2.66. The van der Waals surface area contributed by atoms with Crippen molar-refractivity contribution in [3.8, 4) is 0 Å². The van der Waals surface area contributed by atoms with Gasteiger partial charge >= 0.3 is 11.9 Å². The van der Waals surface area contributed by atoms with E-state index in [9.17, 15) is 14.4 Å². The summed E-state index contributed by atoms with van der Waals surface area (Å²) >= 11 is 0. The summed E-state index contributed by atoms with van der Waals surface area (Å²) in [6, 6.07) is 0. The molecule has 2 heterocycles. The topological polar surface area (TPSA) is 82.0 Å². The van der Waals surface area contributed by atoms with Gasteiger partial charge in [0, 0.05) is 103 Å². The summed E-state index contributed by atoms with van der Waals surface area (Å²) in [7, 11) is 1.85. The summed E-state index contributed by atoms with van der Waals surface area (Å²) in [4.78, 5) is 41.4. The van der Waals surface area contributed by atoms with Crippen LogP contribution in [-0.2, 0) is 89.3 Å². The summed E-state index contributed by atoms with van der Waals surface area (Å²) in [5.41, 5.74) is 4.28. The molecule has 0 amide bonds. The molecule has 8 unspecified atom stereocenters. The van der Waals surface area contributed by atoms with E-state index in [4.69, 9.17) is 9.47 Å². The first-order valence-electron chi connectivity index (χ1n) is 17.0. The predicted molar refractivity (Wildman–Crippen MR) is 178 cm³/mol. The van der Waals surface area contributed by atoms with Gasteiger partial charge in [0.1, 0.15) is 17.3 Å². The molecular formula is C39H57NO5Y2-2. The normalized spacial score (nSPS) is 42.1. The molecule has 2 radical (unpaired) electrons. The van der Waals surface area contributed by atoms with Crippen molar-refractivity contribution in [2.75, 3.05) is 7.05 Å². The van der Waals surface area contributed by atoms with Crippen molar-refractivity contribution in [2.45, 2.75) is 132 Å². The first kappa shape index (κ1) is 41.4. The molecule has 0 aromatic heterocycles. The van der Waals surface area contributed by atoms with E-state index in [0.717, 1.165) is 82.1 Å². The fourth-order valence-corrected chi connectivity index (χ4v) is 10.7. The molecule has 6 nitrogen and oxygen atoms in total. The Hall–Kier alpha value is -0.0322. The number of carbonyl (C=O) groups is 3. The maximum absolute atomic E-state index is 12.7. The van der Waals surface area contributed by atoms with E-state index >= 15 is 0 Å². The van der Waals surface area contributed by atoms with Crippen molar-refractivity contribution >= 4 is 23.4 Å². The quantitative estimate of drug-likeness (QED) is 0.181. The van der Waals surface area contributed by atoms with E-state index in [1.54, 1.807) is 0 Å². The minimum absolute atomic E-state index is 0. The molecule has 0 bridgehead atoms. The second-order valence-corrected chi connectivity index (χ2v) is 15.9. The molecule has 8 heteroatoms. The van der Waals surface area contributed by atoms with Crippen LogP contribution in [-0.4, -0.2) is 30.5 Å². The molecule has 8 rings (SSSR count). The summed E-state index contributed by atoms with van der Waals surface area (Å²) in [6.07, 6.45) is 18.6. The minimum atomic E-state index is -0.220. The van der Waals surface area contributed by atoms with Crippen LogP contribution in [0.5, 0.6) is 0 Å². The van der Waals surface area contributed by atoms with Crippen LogP contribution in [0.4, 0.5) is 0 Å². The maximum Gasteiger partial charge on any atom is 0.315 e. The molecule has 256 valence electrons. The Morgan fingerprint density at radius 1 is 0.638 bits per heavy atom. The molecular weight excluding hydrogens is 740 g/mol. The number of carbonyl (C=O) groups excluding carboxylic acids is 3. The zero-order valence-corrected chi connectivity index (χ0v) is 33.7. The van der Waals surface area contributed by atoms with Crippen LogP contribution in [0.1, 0.15) is 132 Å². The molecule has 6 fully saturated rings. The number of esters is 2. The van der Waals surface area contributed by atoms with Crippen molar-refractivity contribution in [3.05, 3.63) is 35.5 Å². The molecule has 2 aliphatic heterocycles. The van der Waals surface area contributed by atoms with Crippen LogP contribution in [0, 0.1) is 58.2 Å². The summed E-state index contributed by atoms with van der Waals surface area (Å²) in [5, 5.41) is 0. The first-order chi connectivity index (χ1) is 20.4. The number of hydrogen-bond donors (Lipinski definition) is 0. The zero-order chi connectivity index (χ0) is 30.4. The molecule has 2 saturated heterocycles. The molecule has 6 aliphatic carbocycles. The Bertz CT molecular complexity index is 1370. The van der Waals surface area contributed by atoms with Gasteiger partial charge in [-0.2, -0.15) is 12.8 Å². The monoisotopic (exact) mass is 797 g/mol. The number of rotatable bonds is 0. The Labute approximate surface area is 335 Å². The second-order valence-electron chi connectivity index (χ2n) is 15.9. The first-order valence-corrected chi connectivity index (χ1v) is 17.0. The molecule has 0 aromatic rings. The smallest absolute Gasteiger partial charge is 0.315 e. The number of aliphatic imine (C=N–C) groups is 1. The standard InChI is InChI=1S/C19H26NO2.C18H23O3.2CH4.2Y/c1-18-8-4-5-13(18)16-14(7-9-18)19(2)10-6-12(20-3)11-15(19)17(21)22-16;1-17-7-3-4-12(17)15-13(6-8-17)18(2)9-5-11(19)10-14(18)16(20)21-15;;;;/h8,14-15H,4-7,9-11H2,1-3H3;7,13-14H,3-6,8-10H2,1-2H3;2*1H4;;/q2*-1;;;;. The van der Waals surface area contributed by atoms with Crippen molar-refractivity contribution in [1.82, 2.24) is 0 Å². The Morgan fingerprint density at radius 3 is 1.55 bits per heavy atom. The molecule has 0 spiro atoms. The molecule has 4 saturated carbocycles. The second kappa shape index (κ2) is 14.9. The largest absolute Gasteiger partial charge is 0.431 e. The summed E-state index contributed by atoms with van der Waals surface area (Å²) < 4.78 is 11.8. The van der Waals surface area contributed by atoms with Crippen molar-refractivity contribution in [1.29, 1.82) is 0 Å². The van der Waals surface area contributed by atoms with Crippen molar-refractivity contribution in [2.24, 2.45) is 50.3 Å². The van der Waals surface area contributed by atoms with Crippen LogP contribution >= 0.6 is 0 Å². The fraction of sp³-hybridized carbons (Fsp3) is 0.744. The maximum atomic E-state index is 12.7. The molecule has 47 heavy (non-hydrogen) atoms. The average molecular weight is 798 g/mol. The van der Waals surface area contributed by atoms with E-state index < -0.39 is 0 Å². The Morgan fingerprint density at radius 2 is 1.09 bits per heavy atom. The number of Topliss-reactive ketones (excluding diaryl/α,β-unsaturated/α-hetero) is 1. The third kappa shape index (κ3) is 6.61. The van der Waals surface area contributed by atoms with Gasteiger partial charge in [0.25, 0.3) is 0 Å². The van der Waals surface area contributed by atoms with E-state index in [1.165, 1.54) is 23.3 Å². The van der Waals surface area contributed by atoms with E-state index in [2.05, 4.69) is 45.5 Å². The van der Waals surface area contributed by atoms with Gasteiger partial charge in [-0.3, -0.25) is 19.4 Å². The number of fused-ring (bicyclic) bond motifs is 8. The van der Waals surface area contributed by atoms with Crippen LogP contribution in [0.15, 0.2) is 27.7 Å². The number of hydrogen-bond acceptors (Lipinski definition) is 6. The third-order valence-electron chi connectivity index (χ3n) is 13.7.